The summed E-state index contributed by atoms with van der Waals surface area (Å²) in [4.78, 5) is 24.6. The summed E-state index contributed by atoms with van der Waals surface area (Å²) in [5.41, 5.74) is 2.41. The van der Waals surface area contributed by atoms with Gasteiger partial charge < -0.3 is 9.47 Å². The van der Waals surface area contributed by atoms with Gasteiger partial charge in [-0.15, -0.1) is 0 Å². The van der Waals surface area contributed by atoms with Gasteiger partial charge in [-0.1, -0.05) is 31.7 Å². The molecule has 2 aromatic rings. The summed E-state index contributed by atoms with van der Waals surface area (Å²) < 4.78 is 11.5. The third-order valence-electron chi connectivity index (χ3n) is 4.91. The number of fused-ring (bicyclic) bond motifs is 2. The molecular weight excluding hydrogens is 376 g/mol. The van der Waals surface area contributed by atoms with E-state index in [0.29, 0.717) is 44.4 Å². The largest absolute Gasteiger partial charge is 0.422 e. The Bertz CT molecular complexity index is 1020. The summed E-state index contributed by atoms with van der Waals surface area (Å²) in [5, 5.41) is 1.82. The minimum absolute atomic E-state index is 0.311. The maximum absolute atomic E-state index is 12.3. The second kappa shape index (κ2) is 7.80. The Kier molecular flexibility index (Phi) is 5.61. The molecule has 1 unspecified atom stereocenters. The number of esters is 2. The number of carbonyl (C=O) groups excluding carboxylic acids is 2. The molecule has 1 aliphatic rings. The molecule has 0 amide bonds. The van der Waals surface area contributed by atoms with Crippen molar-refractivity contribution in [3.63, 3.8) is 0 Å². The van der Waals surface area contributed by atoms with Crippen LogP contribution in [0.2, 0.25) is 5.02 Å². The van der Waals surface area contributed by atoms with Crippen molar-refractivity contribution >= 4 is 34.3 Å². The van der Waals surface area contributed by atoms with E-state index in [9.17, 15) is 9.59 Å². The number of ether oxygens (including phenoxy) is 2. The van der Waals surface area contributed by atoms with Crippen LogP contribution in [0.3, 0.4) is 0 Å². The fourth-order valence-corrected chi connectivity index (χ4v) is 3.59. The van der Waals surface area contributed by atoms with Gasteiger partial charge in [0.1, 0.15) is 11.5 Å². The predicted molar refractivity (Wildman–Crippen MR) is 111 cm³/mol. The quantitative estimate of drug-likeness (QED) is 0.383. The van der Waals surface area contributed by atoms with Gasteiger partial charge in [0.25, 0.3) is 0 Å². The molecule has 0 N–H and O–H groups in total. The van der Waals surface area contributed by atoms with Gasteiger partial charge in [-0.3, -0.25) is 0 Å². The van der Waals surface area contributed by atoms with E-state index < -0.39 is 11.9 Å². The lowest BCUT2D eigenvalue weighted by molar-refractivity contribution is -0.131. The maximum atomic E-state index is 12.3. The van der Waals surface area contributed by atoms with Gasteiger partial charge in [0.05, 0.1) is 0 Å². The number of halogens is 1. The Hall–Kier alpha value is -2.59. The maximum Gasteiger partial charge on any atom is 0.338 e. The summed E-state index contributed by atoms with van der Waals surface area (Å²) in [6.45, 7) is 12.7. The average Bonchev–Trinajstić information content (AvgIpc) is 2.63. The van der Waals surface area contributed by atoms with Gasteiger partial charge >= 0.3 is 11.9 Å². The highest BCUT2D eigenvalue weighted by molar-refractivity contribution is 6.31. The minimum Gasteiger partial charge on any atom is -0.422 e. The molecule has 0 saturated heterocycles. The van der Waals surface area contributed by atoms with E-state index in [-0.39, 0.29) is 0 Å². The van der Waals surface area contributed by atoms with Crippen molar-refractivity contribution in [2.75, 3.05) is 0 Å². The first-order valence-corrected chi connectivity index (χ1v) is 9.59. The standard InChI is InChI=1S/C23H23ClO4/c1-12(2)22(25)27-20-17-9-7-15(24)11-19(17)21(28-23(26)13(3)4)16-8-6-14(5)10-18(16)20/h7,9,11,14H,1,3,6,8,10H2,2,4-5H3. The minimum atomic E-state index is -0.492. The Balaban J connectivity index is 2.32. The molecule has 0 fully saturated rings. The summed E-state index contributed by atoms with van der Waals surface area (Å²) in [5.74, 6) is 0.417. The zero-order valence-electron chi connectivity index (χ0n) is 16.4. The smallest absolute Gasteiger partial charge is 0.338 e. The van der Waals surface area contributed by atoms with Gasteiger partial charge in [-0.05, 0) is 57.2 Å². The van der Waals surface area contributed by atoms with Gasteiger partial charge in [-0.25, -0.2) is 9.59 Å². The number of benzene rings is 2. The molecule has 0 aliphatic heterocycles. The molecule has 5 heteroatoms. The molecule has 1 aliphatic carbocycles. The molecule has 0 heterocycles. The van der Waals surface area contributed by atoms with Crippen molar-refractivity contribution < 1.29 is 19.1 Å². The van der Waals surface area contributed by atoms with Crippen LogP contribution < -0.4 is 9.47 Å². The molecule has 0 aromatic heterocycles. The van der Waals surface area contributed by atoms with Crippen LogP contribution in [-0.2, 0) is 22.4 Å². The van der Waals surface area contributed by atoms with Crippen molar-refractivity contribution in [1.29, 1.82) is 0 Å². The molecule has 0 bridgehead atoms. The fraction of sp³-hybridized carbons (Fsp3) is 0.304. The van der Waals surface area contributed by atoms with Crippen LogP contribution in [0.1, 0.15) is 38.3 Å². The second-order valence-electron chi connectivity index (χ2n) is 7.49. The highest BCUT2D eigenvalue weighted by atomic mass is 35.5. The van der Waals surface area contributed by atoms with Gasteiger partial charge in [0, 0.05) is 38.1 Å². The SMILES string of the molecule is C=C(C)C(=O)Oc1c2c(c(OC(=O)C(=C)C)c3ccc(Cl)cc13)CC(C)CC2. The summed E-state index contributed by atoms with van der Waals surface area (Å²) in [7, 11) is 0. The Morgan fingerprint density at radius 1 is 1.00 bits per heavy atom. The van der Waals surface area contributed by atoms with Crippen LogP contribution in [0.25, 0.3) is 10.8 Å². The third kappa shape index (κ3) is 3.83. The molecule has 146 valence electrons. The number of carbonyl (C=O) groups is 2. The first kappa shape index (κ1) is 20.2. The highest BCUT2D eigenvalue weighted by Crippen LogP contribution is 2.46. The van der Waals surface area contributed by atoms with Crippen LogP contribution in [0.15, 0.2) is 42.5 Å². The molecule has 4 nitrogen and oxygen atoms in total. The second-order valence-corrected chi connectivity index (χ2v) is 7.93. The number of rotatable bonds is 4. The monoisotopic (exact) mass is 398 g/mol. The van der Waals surface area contributed by atoms with Gasteiger partial charge in [-0.2, -0.15) is 0 Å². The van der Waals surface area contributed by atoms with Crippen LogP contribution >= 0.6 is 11.6 Å². The van der Waals surface area contributed by atoms with Crippen LogP contribution in [-0.4, -0.2) is 11.9 Å². The number of hydrogen-bond acceptors (Lipinski definition) is 4. The average molecular weight is 399 g/mol. The molecule has 0 radical (unpaired) electrons. The van der Waals surface area contributed by atoms with Crippen molar-refractivity contribution in [3.05, 3.63) is 58.7 Å². The fourth-order valence-electron chi connectivity index (χ4n) is 3.42. The van der Waals surface area contributed by atoms with Crippen LogP contribution in [0.5, 0.6) is 11.5 Å². The van der Waals surface area contributed by atoms with Crippen LogP contribution in [0, 0.1) is 5.92 Å². The Labute approximate surface area is 169 Å². The highest BCUT2D eigenvalue weighted by Gasteiger charge is 2.29. The van der Waals surface area contributed by atoms with Crippen molar-refractivity contribution in [2.45, 2.75) is 40.0 Å². The van der Waals surface area contributed by atoms with E-state index in [1.807, 2.05) is 0 Å². The van der Waals surface area contributed by atoms with Crippen LogP contribution in [0.4, 0.5) is 0 Å². The molecule has 3 rings (SSSR count). The number of hydrogen-bond donors (Lipinski definition) is 0. The Morgan fingerprint density at radius 3 is 2.14 bits per heavy atom. The van der Waals surface area contributed by atoms with Crippen molar-refractivity contribution in [1.82, 2.24) is 0 Å². The first-order chi connectivity index (χ1) is 13.2. The normalized spacial score (nSPS) is 15.6. The molecular formula is C23H23ClO4. The topological polar surface area (TPSA) is 52.6 Å². The van der Waals surface area contributed by atoms with Crippen molar-refractivity contribution in [2.24, 2.45) is 5.92 Å². The van der Waals surface area contributed by atoms with Crippen molar-refractivity contribution in [3.8, 4) is 11.5 Å². The molecule has 2 aromatic carbocycles. The lowest BCUT2D eigenvalue weighted by Gasteiger charge is -2.27. The lowest BCUT2D eigenvalue weighted by atomic mass is 9.82. The van der Waals surface area contributed by atoms with Gasteiger partial charge in [0.2, 0.25) is 0 Å². The molecule has 28 heavy (non-hydrogen) atoms. The van der Waals surface area contributed by atoms with E-state index in [2.05, 4.69) is 20.1 Å². The predicted octanol–water partition coefficient (Wildman–Crippen LogP) is 5.58. The Morgan fingerprint density at radius 2 is 1.57 bits per heavy atom. The van der Waals surface area contributed by atoms with E-state index in [1.54, 1.807) is 32.0 Å². The summed E-state index contributed by atoms with van der Waals surface area (Å²) >= 11 is 6.22. The van der Waals surface area contributed by atoms with E-state index in [4.69, 9.17) is 21.1 Å². The third-order valence-corrected chi connectivity index (χ3v) is 5.14. The summed E-state index contributed by atoms with van der Waals surface area (Å²) in [6.07, 6.45) is 2.39. The zero-order chi connectivity index (χ0) is 20.6. The van der Waals surface area contributed by atoms with E-state index >= 15 is 0 Å². The lowest BCUT2D eigenvalue weighted by Crippen LogP contribution is -2.19. The summed E-state index contributed by atoms with van der Waals surface area (Å²) in [6, 6.07) is 5.25. The van der Waals surface area contributed by atoms with Gasteiger partial charge in [0.15, 0.2) is 0 Å². The van der Waals surface area contributed by atoms with E-state index in [1.165, 1.54) is 0 Å². The van der Waals surface area contributed by atoms with E-state index in [0.717, 1.165) is 30.4 Å². The molecule has 0 spiro atoms. The first-order valence-electron chi connectivity index (χ1n) is 9.21. The molecule has 0 saturated carbocycles. The molecule has 1 atom stereocenters. The zero-order valence-corrected chi connectivity index (χ0v) is 17.1.